The van der Waals surface area contributed by atoms with Gasteiger partial charge in [-0.3, -0.25) is 0 Å². The average Bonchev–Trinajstić information content (AvgIpc) is 2.65. The van der Waals surface area contributed by atoms with Gasteiger partial charge in [-0.25, -0.2) is 14.5 Å². The molecule has 0 unspecified atom stereocenters. The van der Waals surface area contributed by atoms with Crippen molar-refractivity contribution in [3.8, 4) is 0 Å². The van der Waals surface area contributed by atoms with Gasteiger partial charge in [-0.05, 0) is 12.1 Å². The summed E-state index contributed by atoms with van der Waals surface area (Å²) in [7, 11) is 0. The van der Waals surface area contributed by atoms with Crippen LogP contribution in [0.4, 0.5) is 5.82 Å². The van der Waals surface area contributed by atoms with Crippen LogP contribution in [-0.4, -0.2) is 19.6 Å². The Morgan fingerprint density at radius 2 is 2.14 bits per heavy atom. The molecule has 14 heavy (non-hydrogen) atoms. The molecule has 2 N–H and O–H groups in total. The minimum Gasteiger partial charge on any atom is -0.384 e. The molecular weight excluding hydrogens is 178 g/mol. The first-order chi connectivity index (χ1) is 6.84. The van der Waals surface area contributed by atoms with Gasteiger partial charge < -0.3 is 5.73 Å². The van der Waals surface area contributed by atoms with Crippen LogP contribution in [0, 0.1) is 0 Å². The Hall–Kier alpha value is -2.17. The molecule has 5 nitrogen and oxygen atoms in total. The predicted molar refractivity (Wildman–Crippen MR) is 52.7 cm³/mol. The molecule has 3 aromatic heterocycles. The molecule has 0 aliphatic rings. The maximum Gasteiger partial charge on any atom is 0.156 e. The second kappa shape index (κ2) is 2.41. The van der Waals surface area contributed by atoms with Crippen molar-refractivity contribution < 1.29 is 0 Å². The molecule has 0 aromatic carbocycles. The van der Waals surface area contributed by atoms with Gasteiger partial charge in [-0.15, -0.1) is 0 Å². The van der Waals surface area contributed by atoms with Crippen LogP contribution < -0.4 is 5.73 Å². The Bertz CT molecular complexity index is 613. The molecule has 0 bridgehead atoms. The number of rotatable bonds is 0. The van der Waals surface area contributed by atoms with Gasteiger partial charge in [-0.2, -0.15) is 5.10 Å². The lowest BCUT2D eigenvalue weighted by atomic mass is 10.2. The van der Waals surface area contributed by atoms with Crippen molar-refractivity contribution in [3.05, 3.63) is 30.7 Å². The zero-order valence-corrected chi connectivity index (χ0v) is 7.25. The maximum absolute atomic E-state index is 5.61. The molecule has 0 amide bonds. The van der Waals surface area contributed by atoms with E-state index in [0.717, 1.165) is 16.6 Å². The molecular formula is C9H7N5. The van der Waals surface area contributed by atoms with Crippen molar-refractivity contribution in [2.24, 2.45) is 0 Å². The van der Waals surface area contributed by atoms with Gasteiger partial charge in [-0.1, -0.05) is 0 Å². The minimum absolute atomic E-state index is 0.487. The van der Waals surface area contributed by atoms with Gasteiger partial charge >= 0.3 is 0 Å². The largest absolute Gasteiger partial charge is 0.384 e. The Kier molecular flexibility index (Phi) is 1.25. The molecule has 0 radical (unpaired) electrons. The van der Waals surface area contributed by atoms with E-state index in [9.17, 15) is 0 Å². The van der Waals surface area contributed by atoms with Gasteiger partial charge in [0.2, 0.25) is 0 Å². The van der Waals surface area contributed by atoms with Crippen LogP contribution in [0.25, 0.3) is 16.6 Å². The Morgan fingerprint density at radius 3 is 3.07 bits per heavy atom. The van der Waals surface area contributed by atoms with E-state index < -0.39 is 0 Å². The van der Waals surface area contributed by atoms with E-state index in [2.05, 4.69) is 15.1 Å². The van der Waals surface area contributed by atoms with E-state index >= 15 is 0 Å². The Labute approximate surface area is 79.2 Å². The van der Waals surface area contributed by atoms with Crippen molar-refractivity contribution >= 4 is 22.4 Å². The monoisotopic (exact) mass is 185 g/mol. The number of nitrogens with two attached hydrogens (primary N) is 1. The number of anilines is 1. The fourth-order valence-corrected chi connectivity index (χ4v) is 1.50. The fourth-order valence-electron chi connectivity index (χ4n) is 1.50. The summed E-state index contributed by atoms with van der Waals surface area (Å²) in [5, 5.41) is 5.11. The fraction of sp³-hybridized carbons (Fsp3) is 0. The first-order valence-corrected chi connectivity index (χ1v) is 4.18. The topological polar surface area (TPSA) is 69.1 Å². The second-order valence-corrected chi connectivity index (χ2v) is 3.03. The quantitative estimate of drug-likeness (QED) is 0.564. The van der Waals surface area contributed by atoms with Crippen LogP contribution in [0.3, 0.4) is 0 Å². The Morgan fingerprint density at radius 1 is 1.21 bits per heavy atom. The molecule has 3 aromatic rings. The standard InChI is InChI=1S/C9H7N5/c10-8-3-7-6(4-11-8)1-2-9-12-5-13-14(7)9/h1-5H,(H2,10,11). The highest BCUT2D eigenvalue weighted by molar-refractivity contribution is 5.82. The first kappa shape index (κ1) is 7.25. The van der Waals surface area contributed by atoms with Crippen molar-refractivity contribution in [2.75, 3.05) is 5.73 Å². The highest BCUT2D eigenvalue weighted by atomic mass is 15.3. The summed E-state index contributed by atoms with van der Waals surface area (Å²) in [4.78, 5) is 8.10. The molecule has 0 saturated carbocycles. The maximum atomic E-state index is 5.61. The summed E-state index contributed by atoms with van der Waals surface area (Å²) in [5.41, 5.74) is 7.34. The van der Waals surface area contributed by atoms with Gasteiger partial charge in [0.05, 0.1) is 5.52 Å². The van der Waals surface area contributed by atoms with Gasteiger partial charge in [0, 0.05) is 17.6 Å². The zero-order chi connectivity index (χ0) is 9.54. The summed E-state index contributed by atoms with van der Waals surface area (Å²) < 4.78 is 1.74. The third kappa shape index (κ3) is 0.861. The van der Waals surface area contributed by atoms with E-state index in [0.29, 0.717) is 5.82 Å². The van der Waals surface area contributed by atoms with Gasteiger partial charge in [0.15, 0.2) is 5.65 Å². The molecule has 0 aliphatic heterocycles. The van der Waals surface area contributed by atoms with Crippen LogP contribution in [0.2, 0.25) is 0 Å². The minimum atomic E-state index is 0.487. The summed E-state index contributed by atoms with van der Waals surface area (Å²) in [6.07, 6.45) is 3.25. The van der Waals surface area contributed by atoms with Gasteiger partial charge in [0.1, 0.15) is 12.1 Å². The molecule has 68 valence electrons. The molecule has 3 rings (SSSR count). The third-order valence-corrected chi connectivity index (χ3v) is 2.15. The van der Waals surface area contributed by atoms with Crippen LogP contribution in [0.1, 0.15) is 0 Å². The number of pyridine rings is 2. The van der Waals surface area contributed by atoms with Crippen molar-refractivity contribution in [2.45, 2.75) is 0 Å². The zero-order valence-electron chi connectivity index (χ0n) is 7.25. The highest BCUT2D eigenvalue weighted by Gasteiger charge is 2.01. The predicted octanol–water partition coefficient (Wildman–Crippen LogP) is 0.860. The summed E-state index contributed by atoms with van der Waals surface area (Å²) >= 11 is 0. The molecule has 0 saturated heterocycles. The average molecular weight is 185 g/mol. The lowest BCUT2D eigenvalue weighted by molar-refractivity contribution is 1.00. The molecule has 5 heteroatoms. The highest BCUT2D eigenvalue weighted by Crippen LogP contribution is 2.15. The summed E-state index contributed by atoms with van der Waals surface area (Å²) in [5.74, 6) is 0.487. The number of fused-ring (bicyclic) bond motifs is 3. The third-order valence-electron chi connectivity index (χ3n) is 2.15. The number of hydrogen-bond acceptors (Lipinski definition) is 4. The van der Waals surface area contributed by atoms with Crippen molar-refractivity contribution in [1.29, 1.82) is 0 Å². The summed E-state index contributed by atoms with van der Waals surface area (Å²) in [6, 6.07) is 5.63. The second-order valence-electron chi connectivity index (χ2n) is 3.03. The smallest absolute Gasteiger partial charge is 0.156 e. The first-order valence-electron chi connectivity index (χ1n) is 4.18. The van der Waals surface area contributed by atoms with Crippen molar-refractivity contribution in [3.63, 3.8) is 0 Å². The number of hydrogen-bond donors (Lipinski definition) is 1. The number of nitrogen functional groups attached to an aromatic ring is 1. The molecule has 0 fully saturated rings. The van der Waals surface area contributed by atoms with Crippen molar-refractivity contribution in [1.82, 2.24) is 19.6 Å². The molecule has 0 spiro atoms. The van der Waals surface area contributed by atoms with E-state index in [1.54, 1.807) is 16.8 Å². The number of aromatic nitrogens is 4. The normalized spacial score (nSPS) is 11.1. The number of nitrogens with zero attached hydrogens (tertiary/aromatic N) is 4. The van der Waals surface area contributed by atoms with E-state index in [4.69, 9.17) is 5.73 Å². The van der Waals surface area contributed by atoms with E-state index in [1.165, 1.54) is 6.33 Å². The molecule has 0 aliphatic carbocycles. The van der Waals surface area contributed by atoms with E-state index in [1.807, 2.05) is 12.1 Å². The Balaban J connectivity index is 2.60. The molecule has 0 atom stereocenters. The summed E-state index contributed by atoms with van der Waals surface area (Å²) in [6.45, 7) is 0. The van der Waals surface area contributed by atoms with Crippen LogP contribution in [0.5, 0.6) is 0 Å². The van der Waals surface area contributed by atoms with E-state index in [-0.39, 0.29) is 0 Å². The van der Waals surface area contributed by atoms with Crippen LogP contribution in [0.15, 0.2) is 30.7 Å². The SMILES string of the molecule is Nc1cc2c(ccc3ncnn32)cn1. The van der Waals surface area contributed by atoms with Crippen LogP contribution in [-0.2, 0) is 0 Å². The lowest BCUT2D eigenvalue weighted by Gasteiger charge is -2.00. The van der Waals surface area contributed by atoms with Gasteiger partial charge in [0.25, 0.3) is 0 Å². The molecule has 3 heterocycles. The lowest BCUT2D eigenvalue weighted by Crippen LogP contribution is -1.94. The van der Waals surface area contributed by atoms with Crippen LogP contribution >= 0.6 is 0 Å².